The Morgan fingerprint density at radius 1 is 1.20 bits per heavy atom. The summed E-state index contributed by atoms with van der Waals surface area (Å²) in [6.07, 6.45) is 5.64. The lowest BCUT2D eigenvalue weighted by Crippen LogP contribution is -2.17. The highest BCUT2D eigenvalue weighted by Crippen LogP contribution is 2.30. The molecule has 7 nitrogen and oxygen atoms in total. The summed E-state index contributed by atoms with van der Waals surface area (Å²) in [4.78, 5) is 17.4. The number of carbonyl (C=O) groups is 1. The molecule has 4 heterocycles. The third-order valence-electron chi connectivity index (χ3n) is 6.26. The standard InChI is InChI=1S/C26H26FN5O2S/c1-17-13-21(18(2)31(17)15-20-8-6-12-34-20)24(33)16-35-26-30-29-25(19-7-5-11-28-14-19)32(26)23-10-4-3-9-22(23)27/h3-5,7,9-11,13-14,20H,6,8,12,15-16H2,1-2H3/t20-/m0/s1. The van der Waals surface area contributed by atoms with E-state index in [1.807, 2.05) is 26.0 Å². The second-order valence-electron chi connectivity index (χ2n) is 8.58. The van der Waals surface area contributed by atoms with Crippen molar-refractivity contribution >= 4 is 17.5 Å². The number of pyridine rings is 1. The van der Waals surface area contributed by atoms with Gasteiger partial charge in [-0.25, -0.2) is 4.39 Å². The first-order valence-corrected chi connectivity index (χ1v) is 12.6. The molecular formula is C26H26FN5O2S. The fraction of sp³-hybridized carbons (Fsp3) is 0.308. The number of ether oxygens (including phenoxy) is 1. The van der Waals surface area contributed by atoms with Gasteiger partial charge in [-0.15, -0.1) is 10.2 Å². The first-order chi connectivity index (χ1) is 17.0. The summed E-state index contributed by atoms with van der Waals surface area (Å²) >= 11 is 1.24. The van der Waals surface area contributed by atoms with E-state index >= 15 is 0 Å². The van der Waals surface area contributed by atoms with Crippen molar-refractivity contribution in [2.45, 2.75) is 44.5 Å². The van der Waals surface area contributed by atoms with Crippen LogP contribution < -0.4 is 0 Å². The van der Waals surface area contributed by atoms with Crippen molar-refractivity contribution in [2.24, 2.45) is 0 Å². The molecule has 3 aromatic heterocycles. The summed E-state index contributed by atoms with van der Waals surface area (Å²) in [5.74, 6) is 0.216. The van der Waals surface area contributed by atoms with Gasteiger partial charge in [-0.1, -0.05) is 23.9 Å². The number of hydrogen-bond acceptors (Lipinski definition) is 6. The van der Waals surface area contributed by atoms with Gasteiger partial charge in [0.25, 0.3) is 0 Å². The van der Waals surface area contributed by atoms with Gasteiger partial charge in [0.15, 0.2) is 16.8 Å². The topological polar surface area (TPSA) is 74.8 Å². The maximum atomic E-state index is 14.8. The summed E-state index contributed by atoms with van der Waals surface area (Å²) in [6.45, 7) is 5.55. The maximum Gasteiger partial charge on any atom is 0.196 e. The Kier molecular flexibility index (Phi) is 6.79. The van der Waals surface area contributed by atoms with E-state index in [9.17, 15) is 9.18 Å². The predicted molar refractivity (Wildman–Crippen MR) is 132 cm³/mol. The van der Waals surface area contributed by atoms with E-state index in [0.29, 0.717) is 27.8 Å². The van der Waals surface area contributed by atoms with E-state index in [4.69, 9.17) is 4.74 Å². The number of carbonyl (C=O) groups excluding carboxylic acids is 1. The van der Waals surface area contributed by atoms with Crippen LogP contribution in [0, 0.1) is 19.7 Å². The first kappa shape index (κ1) is 23.4. The van der Waals surface area contributed by atoms with Crippen molar-refractivity contribution in [3.8, 4) is 17.1 Å². The SMILES string of the molecule is Cc1cc(C(=O)CSc2nnc(-c3cccnc3)n2-c2ccccc2F)c(C)n1C[C@@H]1CCCO1. The number of Topliss-reactive ketones (excluding diaryl/α,β-unsaturated/α-hetero) is 1. The number of ketones is 1. The summed E-state index contributed by atoms with van der Waals surface area (Å²) < 4.78 is 24.4. The van der Waals surface area contributed by atoms with Crippen LogP contribution in [-0.4, -0.2) is 48.6 Å². The summed E-state index contributed by atoms with van der Waals surface area (Å²) in [5, 5.41) is 9.04. The average molecular weight is 492 g/mol. The Bertz CT molecular complexity index is 1350. The van der Waals surface area contributed by atoms with E-state index < -0.39 is 5.82 Å². The largest absolute Gasteiger partial charge is 0.376 e. The number of aromatic nitrogens is 5. The van der Waals surface area contributed by atoms with Crippen LogP contribution in [0.1, 0.15) is 34.6 Å². The molecule has 35 heavy (non-hydrogen) atoms. The van der Waals surface area contributed by atoms with Gasteiger partial charge in [-0.05, 0) is 57.0 Å². The van der Waals surface area contributed by atoms with Gasteiger partial charge in [-0.3, -0.25) is 14.3 Å². The molecule has 1 atom stereocenters. The number of aryl methyl sites for hydroxylation is 1. The van der Waals surface area contributed by atoms with Gasteiger partial charge >= 0.3 is 0 Å². The van der Waals surface area contributed by atoms with E-state index in [1.54, 1.807) is 41.2 Å². The highest BCUT2D eigenvalue weighted by Gasteiger charge is 2.23. The van der Waals surface area contributed by atoms with Crippen LogP contribution in [-0.2, 0) is 11.3 Å². The van der Waals surface area contributed by atoms with Crippen LogP contribution >= 0.6 is 11.8 Å². The Labute approximate surface area is 207 Å². The highest BCUT2D eigenvalue weighted by molar-refractivity contribution is 7.99. The number of benzene rings is 1. The molecule has 0 bridgehead atoms. The molecule has 0 radical (unpaired) electrons. The maximum absolute atomic E-state index is 14.8. The smallest absolute Gasteiger partial charge is 0.196 e. The average Bonchev–Trinajstić information content (AvgIpc) is 3.60. The van der Waals surface area contributed by atoms with Crippen LogP contribution in [0.25, 0.3) is 17.1 Å². The lowest BCUT2D eigenvalue weighted by Gasteiger charge is -2.14. The third-order valence-corrected chi connectivity index (χ3v) is 7.19. The zero-order valence-electron chi connectivity index (χ0n) is 19.6. The lowest BCUT2D eigenvalue weighted by molar-refractivity contribution is 0.0957. The van der Waals surface area contributed by atoms with Crippen molar-refractivity contribution in [3.63, 3.8) is 0 Å². The van der Waals surface area contributed by atoms with Gasteiger partial charge in [0.05, 0.1) is 17.5 Å². The molecular weight excluding hydrogens is 465 g/mol. The van der Waals surface area contributed by atoms with Crippen molar-refractivity contribution in [3.05, 3.63) is 77.6 Å². The number of para-hydroxylation sites is 1. The number of hydrogen-bond donors (Lipinski definition) is 0. The van der Waals surface area contributed by atoms with Crippen molar-refractivity contribution in [1.82, 2.24) is 24.3 Å². The van der Waals surface area contributed by atoms with Crippen LogP contribution in [0.3, 0.4) is 0 Å². The molecule has 1 saturated heterocycles. The molecule has 9 heteroatoms. The van der Waals surface area contributed by atoms with Crippen molar-refractivity contribution < 1.29 is 13.9 Å². The molecule has 0 saturated carbocycles. The number of halogens is 1. The minimum absolute atomic E-state index is 0.00676. The Morgan fingerprint density at radius 3 is 2.80 bits per heavy atom. The normalized spacial score (nSPS) is 15.6. The second kappa shape index (κ2) is 10.1. The lowest BCUT2D eigenvalue weighted by atomic mass is 10.2. The Balaban J connectivity index is 1.41. The molecule has 4 aromatic rings. The Hall–Kier alpha value is -3.30. The number of rotatable bonds is 8. The Morgan fingerprint density at radius 2 is 2.06 bits per heavy atom. The molecule has 0 amide bonds. The van der Waals surface area contributed by atoms with Crippen LogP contribution in [0.15, 0.2) is 60.0 Å². The summed E-state index contributed by atoms with van der Waals surface area (Å²) in [7, 11) is 0. The van der Waals surface area contributed by atoms with Crippen LogP contribution in [0.4, 0.5) is 4.39 Å². The first-order valence-electron chi connectivity index (χ1n) is 11.6. The minimum atomic E-state index is -0.400. The van der Waals surface area contributed by atoms with Gasteiger partial charge in [-0.2, -0.15) is 0 Å². The van der Waals surface area contributed by atoms with Gasteiger partial charge < -0.3 is 9.30 Å². The number of nitrogens with zero attached hydrogens (tertiary/aromatic N) is 5. The van der Waals surface area contributed by atoms with Gasteiger partial charge in [0.2, 0.25) is 0 Å². The third kappa shape index (κ3) is 4.78. The molecule has 0 spiro atoms. The monoisotopic (exact) mass is 491 g/mol. The van der Waals surface area contributed by atoms with Crippen LogP contribution in [0.5, 0.6) is 0 Å². The fourth-order valence-corrected chi connectivity index (χ4v) is 5.29. The number of thioether (sulfide) groups is 1. The van der Waals surface area contributed by atoms with Gasteiger partial charge in [0, 0.05) is 48.1 Å². The minimum Gasteiger partial charge on any atom is -0.376 e. The van der Waals surface area contributed by atoms with E-state index in [0.717, 1.165) is 37.4 Å². The van der Waals surface area contributed by atoms with E-state index in [-0.39, 0.29) is 17.6 Å². The molecule has 1 aliphatic heterocycles. The quantitative estimate of drug-likeness (QED) is 0.254. The molecule has 0 N–H and O–H groups in total. The molecule has 1 aromatic carbocycles. The van der Waals surface area contributed by atoms with E-state index in [2.05, 4.69) is 19.7 Å². The van der Waals surface area contributed by atoms with Crippen molar-refractivity contribution in [2.75, 3.05) is 12.4 Å². The molecule has 1 aliphatic rings. The zero-order valence-corrected chi connectivity index (χ0v) is 20.5. The summed E-state index contributed by atoms with van der Waals surface area (Å²) in [6, 6.07) is 12.0. The molecule has 1 fully saturated rings. The predicted octanol–water partition coefficient (Wildman–Crippen LogP) is 5.04. The molecule has 0 unspecified atom stereocenters. The second-order valence-corrected chi connectivity index (χ2v) is 9.52. The molecule has 5 rings (SSSR count). The van der Waals surface area contributed by atoms with Crippen LogP contribution in [0.2, 0.25) is 0 Å². The van der Waals surface area contributed by atoms with Gasteiger partial charge in [0.1, 0.15) is 5.82 Å². The summed E-state index contributed by atoms with van der Waals surface area (Å²) in [5.41, 5.74) is 3.70. The molecule has 180 valence electrons. The highest BCUT2D eigenvalue weighted by atomic mass is 32.2. The zero-order chi connectivity index (χ0) is 24.4. The fourth-order valence-electron chi connectivity index (χ4n) is 4.46. The molecule has 0 aliphatic carbocycles. The van der Waals surface area contributed by atoms with E-state index in [1.165, 1.54) is 17.8 Å². The van der Waals surface area contributed by atoms with Crippen molar-refractivity contribution in [1.29, 1.82) is 0 Å².